The van der Waals surface area contributed by atoms with Crippen molar-refractivity contribution in [3.05, 3.63) is 35.4 Å². The summed E-state index contributed by atoms with van der Waals surface area (Å²) in [5, 5.41) is 0. The summed E-state index contributed by atoms with van der Waals surface area (Å²) in [6, 6.07) is 7.71. The first-order chi connectivity index (χ1) is 7.54. The summed E-state index contributed by atoms with van der Waals surface area (Å²) in [7, 11) is 0. The van der Waals surface area contributed by atoms with Gasteiger partial charge < -0.3 is 4.74 Å². The normalized spacial score (nSPS) is 12.6. The molecule has 0 saturated carbocycles. The second-order valence-corrected chi connectivity index (χ2v) is 4.35. The number of ether oxygens (including phenoxy) is 1. The van der Waals surface area contributed by atoms with E-state index in [9.17, 15) is 4.79 Å². The van der Waals surface area contributed by atoms with Gasteiger partial charge in [0.25, 0.3) is 0 Å². The molecule has 0 fully saturated rings. The van der Waals surface area contributed by atoms with Gasteiger partial charge in [0, 0.05) is 5.88 Å². The van der Waals surface area contributed by atoms with Gasteiger partial charge in [-0.3, -0.25) is 4.79 Å². The zero-order chi connectivity index (χ0) is 12.1. The van der Waals surface area contributed by atoms with Crippen LogP contribution in [0.25, 0.3) is 0 Å². The Hall–Kier alpha value is -1.02. The number of benzene rings is 1. The molecule has 0 amide bonds. The van der Waals surface area contributed by atoms with E-state index < -0.39 is 0 Å². The average Bonchev–Trinajstić information content (AvgIpc) is 2.27. The Bertz CT molecular complexity index is 343. The van der Waals surface area contributed by atoms with E-state index >= 15 is 0 Å². The van der Waals surface area contributed by atoms with Gasteiger partial charge in [0.05, 0.1) is 12.0 Å². The molecule has 0 aliphatic heterocycles. The van der Waals surface area contributed by atoms with E-state index in [1.165, 1.54) is 0 Å². The zero-order valence-electron chi connectivity index (χ0n) is 9.87. The van der Waals surface area contributed by atoms with Crippen LogP contribution in [0.15, 0.2) is 24.3 Å². The largest absolute Gasteiger partial charge is 0.463 e. The van der Waals surface area contributed by atoms with Gasteiger partial charge in [-0.25, -0.2) is 0 Å². The van der Waals surface area contributed by atoms with E-state index in [0.717, 1.165) is 11.1 Å². The maximum absolute atomic E-state index is 11.7. The summed E-state index contributed by atoms with van der Waals surface area (Å²) in [4.78, 5) is 11.7. The predicted octanol–water partition coefficient (Wildman–Crippen LogP) is 3.48. The average molecular weight is 241 g/mol. The van der Waals surface area contributed by atoms with Crippen LogP contribution in [0.2, 0.25) is 0 Å². The highest BCUT2D eigenvalue weighted by Gasteiger charge is 2.17. The molecule has 0 spiro atoms. The fourth-order valence-corrected chi connectivity index (χ4v) is 1.54. The molecule has 3 heteroatoms. The summed E-state index contributed by atoms with van der Waals surface area (Å²) in [6.07, 6.45) is -0.0722. The molecule has 1 atom stereocenters. The maximum atomic E-state index is 11.7. The molecular formula is C13H17ClO2. The summed E-state index contributed by atoms with van der Waals surface area (Å²) in [6.45, 7) is 5.54. The summed E-state index contributed by atoms with van der Waals surface area (Å²) in [5.74, 6) is 0.0749. The van der Waals surface area contributed by atoms with Crippen LogP contribution in [0.4, 0.5) is 0 Å². The minimum Gasteiger partial charge on any atom is -0.463 e. The lowest BCUT2D eigenvalue weighted by Gasteiger charge is -2.14. The molecule has 2 nitrogen and oxygen atoms in total. The lowest BCUT2D eigenvalue weighted by molar-refractivity contribution is -0.148. The molecule has 0 bridgehead atoms. The molecule has 0 radical (unpaired) electrons. The van der Waals surface area contributed by atoms with Crippen molar-refractivity contribution < 1.29 is 9.53 Å². The number of hydrogen-bond donors (Lipinski definition) is 0. The predicted molar refractivity (Wildman–Crippen MR) is 65.6 cm³/mol. The molecule has 1 rings (SSSR count). The van der Waals surface area contributed by atoms with Crippen LogP contribution in [-0.4, -0.2) is 12.1 Å². The quantitative estimate of drug-likeness (QED) is 0.595. The van der Waals surface area contributed by atoms with Crippen LogP contribution in [0, 0.1) is 0 Å². The second kappa shape index (κ2) is 5.90. The first-order valence-corrected chi connectivity index (χ1v) is 5.93. The Morgan fingerprint density at radius 3 is 2.25 bits per heavy atom. The topological polar surface area (TPSA) is 26.3 Å². The number of halogens is 1. The van der Waals surface area contributed by atoms with E-state index in [2.05, 4.69) is 0 Å². The molecule has 88 valence electrons. The minimum absolute atomic E-state index is 0.0722. The summed E-state index contributed by atoms with van der Waals surface area (Å²) in [5.41, 5.74) is 2.01. The number of carbonyl (C=O) groups excluding carboxylic acids is 1. The molecule has 0 aromatic heterocycles. The minimum atomic E-state index is -0.230. The SMILES string of the molecule is CC(C)OC(=O)C(C)c1ccc(CCl)cc1. The lowest BCUT2D eigenvalue weighted by Crippen LogP contribution is -2.17. The zero-order valence-corrected chi connectivity index (χ0v) is 10.6. The van der Waals surface area contributed by atoms with Gasteiger partial charge >= 0.3 is 5.97 Å². The highest BCUT2D eigenvalue weighted by atomic mass is 35.5. The molecule has 1 aromatic carbocycles. The van der Waals surface area contributed by atoms with Crippen molar-refractivity contribution in [2.75, 3.05) is 0 Å². The van der Waals surface area contributed by atoms with Gasteiger partial charge in [-0.2, -0.15) is 0 Å². The van der Waals surface area contributed by atoms with Crippen molar-refractivity contribution in [2.45, 2.75) is 38.7 Å². The molecular weight excluding hydrogens is 224 g/mol. The molecule has 16 heavy (non-hydrogen) atoms. The highest BCUT2D eigenvalue weighted by molar-refractivity contribution is 6.17. The summed E-state index contributed by atoms with van der Waals surface area (Å²) >= 11 is 5.70. The van der Waals surface area contributed by atoms with Gasteiger partial charge in [0.15, 0.2) is 0 Å². The fourth-order valence-electron chi connectivity index (χ4n) is 1.37. The van der Waals surface area contributed by atoms with E-state index in [1.54, 1.807) is 0 Å². The molecule has 1 aromatic rings. The number of hydrogen-bond acceptors (Lipinski definition) is 2. The second-order valence-electron chi connectivity index (χ2n) is 4.08. The van der Waals surface area contributed by atoms with Crippen molar-refractivity contribution in [1.82, 2.24) is 0 Å². The number of rotatable bonds is 4. The highest BCUT2D eigenvalue weighted by Crippen LogP contribution is 2.18. The monoisotopic (exact) mass is 240 g/mol. The van der Waals surface area contributed by atoms with Crippen molar-refractivity contribution in [3.8, 4) is 0 Å². The van der Waals surface area contributed by atoms with Crippen molar-refractivity contribution in [1.29, 1.82) is 0 Å². The Balaban J connectivity index is 2.72. The first kappa shape index (κ1) is 13.0. The van der Waals surface area contributed by atoms with Crippen LogP contribution in [0.5, 0.6) is 0 Å². The maximum Gasteiger partial charge on any atom is 0.313 e. The van der Waals surface area contributed by atoms with Gasteiger partial charge in [-0.15, -0.1) is 11.6 Å². The van der Waals surface area contributed by atoms with E-state index in [1.807, 2.05) is 45.0 Å². The fraction of sp³-hybridized carbons (Fsp3) is 0.462. The van der Waals surface area contributed by atoms with Crippen LogP contribution in [0.3, 0.4) is 0 Å². The van der Waals surface area contributed by atoms with Crippen molar-refractivity contribution in [3.63, 3.8) is 0 Å². The molecule has 0 heterocycles. The Morgan fingerprint density at radius 1 is 1.25 bits per heavy atom. The third-order valence-corrected chi connectivity index (χ3v) is 2.65. The molecule has 0 saturated heterocycles. The Morgan fingerprint density at radius 2 is 1.81 bits per heavy atom. The Labute approximate surface area is 102 Å². The van der Waals surface area contributed by atoms with Gasteiger partial charge in [0.2, 0.25) is 0 Å². The first-order valence-electron chi connectivity index (χ1n) is 5.40. The van der Waals surface area contributed by atoms with E-state index in [-0.39, 0.29) is 18.0 Å². The van der Waals surface area contributed by atoms with E-state index in [0.29, 0.717) is 5.88 Å². The third-order valence-electron chi connectivity index (χ3n) is 2.34. The van der Waals surface area contributed by atoms with Crippen LogP contribution >= 0.6 is 11.6 Å². The number of alkyl halides is 1. The Kier molecular flexibility index (Phi) is 4.81. The van der Waals surface area contributed by atoms with Crippen molar-refractivity contribution in [2.24, 2.45) is 0 Å². The van der Waals surface area contributed by atoms with Crippen LogP contribution in [-0.2, 0) is 15.4 Å². The van der Waals surface area contributed by atoms with Gasteiger partial charge in [-0.05, 0) is 31.9 Å². The van der Waals surface area contributed by atoms with Gasteiger partial charge in [-0.1, -0.05) is 24.3 Å². The van der Waals surface area contributed by atoms with E-state index in [4.69, 9.17) is 16.3 Å². The van der Waals surface area contributed by atoms with Crippen LogP contribution in [0.1, 0.15) is 37.8 Å². The number of esters is 1. The number of carbonyl (C=O) groups is 1. The standard InChI is InChI=1S/C13H17ClO2/c1-9(2)16-13(15)10(3)12-6-4-11(8-14)5-7-12/h4-7,9-10H,8H2,1-3H3. The lowest BCUT2D eigenvalue weighted by atomic mass is 10.0. The molecule has 0 aliphatic rings. The van der Waals surface area contributed by atoms with Crippen LogP contribution < -0.4 is 0 Å². The third kappa shape index (κ3) is 3.53. The molecule has 0 N–H and O–H groups in total. The smallest absolute Gasteiger partial charge is 0.313 e. The molecule has 1 unspecified atom stereocenters. The van der Waals surface area contributed by atoms with Crippen molar-refractivity contribution >= 4 is 17.6 Å². The summed E-state index contributed by atoms with van der Waals surface area (Å²) < 4.78 is 5.16. The molecule has 0 aliphatic carbocycles. The van der Waals surface area contributed by atoms with Gasteiger partial charge in [0.1, 0.15) is 0 Å².